The van der Waals surface area contributed by atoms with E-state index in [1.165, 1.54) is 17.0 Å². The van der Waals surface area contributed by atoms with Crippen molar-refractivity contribution in [2.24, 2.45) is 0 Å². The molecule has 13 nitrogen and oxygen atoms in total. The fourth-order valence-electron chi connectivity index (χ4n) is 4.32. The van der Waals surface area contributed by atoms with Gasteiger partial charge in [-0.3, -0.25) is 9.36 Å². The van der Waals surface area contributed by atoms with Crippen LogP contribution in [-0.4, -0.2) is 89.7 Å². The first-order valence-electron chi connectivity index (χ1n) is 11.8. The third-order valence-electron chi connectivity index (χ3n) is 6.35. The lowest BCUT2D eigenvalue weighted by Gasteiger charge is -2.28. The van der Waals surface area contributed by atoms with E-state index in [9.17, 15) is 24.9 Å². The predicted molar refractivity (Wildman–Crippen MR) is 133 cm³/mol. The van der Waals surface area contributed by atoms with Gasteiger partial charge in [0.1, 0.15) is 29.8 Å². The third kappa shape index (κ3) is 4.90. The molecule has 0 radical (unpaired) electrons. The van der Waals surface area contributed by atoms with Gasteiger partial charge in [0, 0.05) is 31.3 Å². The van der Waals surface area contributed by atoms with Crippen LogP contribution in [0.25, 0.3) is 11.2 Å². The highest BCUT2D eigenvalue weighted by Crippen LogP contribution is 2.35. The monoisotopic (exact) mass is 511 g/mol. The minimum absolute atomic E-state index is 0.104. The van der Waals surface area contributed by atoms with Crippen LogP contribution in [0, 0.1) is 0 Å². The number of rotatable bonds is 10. The van der Waals surface area contributed by atoms with Gasteiger partial charge in [-0.05, 0) is 31.5 Å². The Labute approximate surface area is 212 Å². The minimum atomic E-state index is -1.48. The first-order valence-corrected chi connectivity index (χ1v) is 11.8. The Hall–Kier alpha value is -3.87. The quantitative estimate of drug-likeness (QED) is 0.162. The molecule has 0 bridgehead atoms. The van der Waals surface area contributed by atoms with E-state index in [0.717, 1.165) is 16.2 Å². The van der Waals surface area contributed by atoms with Crippen LogP contribution in [-0.2, 0) is 20.7 Å². The Morgan fingerprint density at radius 2 is 1.92 bits per heavy atom. The summed E-state index contributed by atoms with van der Waals surface area (Å²) in [5.41, 5.74) is 8.45. The first kappa shape index (κ1) is 26.2. The fourth-order valence-corrected chi connectivity index (χ4v) is 4.32. The average Bonchev–Trinajstić information content (AvgIpc) is 3.45. The molecule has 3 aromatic rings. The summed E-state index contributed by atoms with van der Waals surface area (Å²) in [5, 5.41) is 31.8. The van der Waals surface area contributed by atoms with Crippen LogP contribution < -0.4 is 10.6 Å². The molecule has 1 aliphatic heterocycles. The number of nitrogens with zero attached hydrogens (tertiary/aromatic N) is 6. The Morgan fingerprint density at radius 1 is 1.19 bits per heavy atom. The number of hydrogen-bond donors (Lipinski definition) is 4. The van der Waals surface area contributed by atoms with Crippen LogP contribution in [0.1, 0.15) is 25.6 Å². The maximum atomic E-state index is 11.3. The summed E-state index contributed by atoms with van der Waals surface area (Å²) in [6.45, 7) is 4.26. The number of imidazole rings is 1. The number of carbonyl (C=O) groups is 1. The zero-order valence-corrected chi connectivity index (χ0v) is 20.4. The Bertz CT molecular complexity index is 1290. The summed E-state index contributed by atoms with van der Waals surface area (Å²) in [6, 6.07) is 7.51. The van der Waals surface area contributed by atoms with Crippen molar-refractivity contribution < 1.29 is 29.6 Å². The van der Waals surface area contributed by atoms with Gasteiger partial charge in [-0.1, -0.05) is 12.1 Å². The number of carbonyl (C=O) groups excluding carboxylic acids is 2. The standard InChI is InChI=1S/C24H29N7O6/c1-3-29(13-33)22(36)19-17(34)18(35)23(37-19)31-12-26-16-20(25)27-24(28-21(16)31)30(4-2)15-9-7-14(8-10-15)6-5-11-32/h5,7-10,12-13,17-19,22-23,34-36H,3-4,6H2,1-2H3,(H2,25,27,28)/t17-,18+,19-,22?,23+/m0/s1. The second-order valence-electron chi connectivity index (χ2n) is 8.49. The average molecular weight is 512 g/mol. The van der Waals surface area contributed by atoms with Crippen molar-refractivity contribution in [3.63, 3.8) is 0 Å². The number of hydrogen-bond acceptors (Lipinski definition) is 11. The van der Waals surface area contributed by atoms with Gasteiger partial charge < -0.3 is 35.6 Å². The van der Waals surface area contributed by atoms with E-state index in [0.29, 0.717) is 19.4 Å². The Kier molecular flexibility index (Phi) is 7.81. The second-order valence-corrected chi connectivity index (χ2v) is 8.49. The Balaban J connectivity index is 1.68. The highest BCUT2D eigenvalue weighted by atomic mass is 16.6. The van der Waals surface area contributed by atoms with Crippen LogP contribution >= 0.6 is 0 Å². The second kappa shape index (κ2) is 11.0. The number of ether oxygens (including phenoxy) is 1. The van der Waals surface area contributed by atoms with Gasteiger partial charge in [0.2, 0.25) is 12.4 Å². The number of fused-ring (bicyclic) bond motifs is 1. The normalized spacial score (nSPS) is 22.0. The topological polar surface area (TPSA) is 180 Å². The van der Waals surface area contributed by atoms with Gasteiger partial charge in [-0.25, -0.2) is 9.78 Å². The van der Waals surface area contributed by atoms with E-state index in [4.69, 9.17) is 10.5 Å². The molecular formula is C24H29N7O6. The van der Waals surface area contributed by atoms with Crippen molar-refractivity contribution in [3.8, 4) is 0 Å². The molecule has 1 unspecified atom stereocenters. The van der Waals surface area contributed by atoms with Crippen molar-refractivity contribution >= 4 is 41.0 Å². The molecule has 37 heavy (non-hydrogen) atoms. The summed E-state index contributed by atoms with van der Waals surface area (Å²) >= 11 is 0. The van der Waals surface area contributed by atoms with Crippen LogP contribution in [0.15, 0.2) is 36.7 Å². The van der Waals surface area contributed by atoms with E-state index >= 15 is 0 Å². The van der Waals surface area contributed by atoms with E-state index in [-0.39, 0.29) is 29.5 Å². The molecule has 5 atom stereocenters. The fraction of sp³-hybridized carbons (Fsp3) is 0.417. The number of benzene rings is 1. The number of aromatic nitrogens is 4. The molecule has 13 heteroatoms. The lowest BCUT2D eigenvalue weighted by atomic mass is 10.1. The zero-order valence-electron chi connectivity index (χ0n) is 20.4. The Morgan fingerprint density at radius 3 is 2.54 bits per heavy atom. The number of nitrogen functional groups attached to an aromatic ring is 1. The number of aliphatic hydroxyl groups is 3. The molecule has 0 aliphatic carbocycles. The largest absolute Gasteiger partial charge is 0.387 e. The number of nitrogens with two attached hydrogens (primary N) is 1. The number of aliphatic hydroxyl groups excluding tert-OH is 3. The summed E-state index contributed by atoms with van der Waals surface area (Å²) in [7, 11) is 0. The van der Waals surface area contributed by atoms with Gasteiger partial charge in [0.05, 0.1) is 6.33 Å². The predicted octanol–water partition coefficient (Wildman–Crippen LogP) is -0.0873. The highest BCUT2D eigenvalue weighted by molar-refractivity contribution is 5.83. The molecule has 4 rings (SSSR count). The smallest absolute Gasteiger partial charge is 0.233 e. The van der Waals surface area contributed by atoms with Crippen LogP contribution in [0.5, 0.6) is 0 Å². The molecule has 2 aromatic heterocycles. The summed E-state index contributed by atoms with van der Waals surface area (Å²) in [5.74, 6) is 2.14. The first-order chi connectivity index (χ1) is 17.8. The maximum Gasteiger partial charge on any atom is 0.233 e. The number of likely N-dealkylation sites (N-methyl/N-ethyl adjacent to an activating group) is 1. The molecule has 196 valence electrons. The van der Waals surface area contributed by atoms with Crippen molar-refractivity contribution in [2.45, 2.75) is 51.0 Å². The molecule has 3 heterocycles. The van der Waals surface area contributed by atoms with Gasteiger partial charge in [0.15, 0.2) is 23.9 Å². The van der Waals surface area contributed by atoms with Crippen molar-refractivity contribution in [3.05, 3.63) is 42.2 Å². The molecule has 0 saturated carbocycles. The van der Waals surface area contributed by atoms with Gasteiger partial charge in [0.25, 0.3) is 0 Å². The molecule has 1 fully saturated rings. The minimum Gasteiger partial charge on any atom is -0.387 e. The molecule has 0 spiro atoms. The van der Waals surface area contributed by atoms with E-state index in [2.05, 4.69) is 15.0 Å². The van der Waals surface area contributed by atoms with Crippen molar-refractivity contribution in [1.29, 1.82) is 0 Å². The molecule has 1 aromatic carbocycles. The van der Waals surface area contributed by atoms with Gasteiger partial charge in [-0.2, -0.15) is 9.97 Å². The zero-order chi connectivity index (χ0) is 26.7. The molecular weight excluding hydrogens is 482 g/mol. The molecule has 1 saturated heterocycles. The molecule has 1 aliphatic rings. The van der Waals surface area contributed by atoms with Gasteiger partial charge in [-0.15, -0.1) is 0 Å². The van der Waals surface area contributed by atoms with Gasteiger partial charge >= 0.3 is 0 Å². The summed E-state index contributed by atoms with van der Waals surface area (Å²) < 4.78 is 7.22. The number of allylic oxidation sites excluding steroid dienone is 1. The van der Waals surface area contributed by atoms with E-state index < -0.39 is 30.8 Å². The number of amides is 1. The lowest BCUT2D eigenvalue weighted by molar-refractivity contribution is -0.152. The molecule has 5 N–H and O–H groups in total. The summed E-state index contributed by atoms with van der Waals surface area (Å²) in [4.78, 5) is 37.9. The summed E-state index contributed by atoms with van der Waals surface area (Å²) in [6.07, 6.45) is -3.14. The van der Waals surface area contributed by atoms with Crippen LogP contribution in [0.4, 0.5) is 17.5 Å². The van der Waals surface area contributed by atoms with Crippen LogP contribution in [0.2, 0.25) is 0 Å². The maximum absolute atomic E-state index is 11.3. The number of anilines is 3. The van der Waals surface area contributed by atoms with Crippen LogP contribution in [0.3, 0.4) is 0 Å². The molecule has 1 amide bonds. The van der Waals surface area contributed by atoms with E-state index in [1.54, 1.807) is 12.9 Å². The highest BCUT2D eigenvalue weighted by Gasteiger charge is 2.48. The van der Waals surface area contributed by atoms with Crippen molar-refractivity contribution in [2.75, 3.05) is 23.7 Å². The SMILES string of the molecule is CCN(c1ccc(CC=C=O)cc1)c1nc(N)c2ncn([C@@H]3O[C@H](C(O)N(C=O)CC)[C@@H](O)[C@H]3O)c2n1. The van der Waals surface area contributed by atoms with E-state index in [1.807, 2.05) is 36.1 Å². The van der Waals surface area contributed by atoms with Crippen molar-refractivity contribution in [1.82, 2.24) is 24.4 Å². The third-order valence-corrected chi connectivity index (χ3v) is 6.35. The lowest BCUT2D eigenvalue weighted by Crippen LogP contribution is -2.48.